The van der Waals surface area contributed by atoms with Gasteiger partial charge < -0.3 is 4.74 Å². The van der Waals surface area contributed by atoms with Gasteiger partial charge in [-0.3, -0.25) is 10.2 Å². The van der Waals surface area contributed by atoms with Gasteiger partial charge in [0, 0.05) is 16.2 Å². The molecule has 3 N–H and O–H groups in total. The zero-order valence-electron chi connectivity index (χ0n) is 11.8. The topological polar surface area (TPSA) is 64.3 Å². The molecule has 0 bridgehead atoms. The van der Waals surface area contributed by atoms with Crippen LogP contribution in [0, 0.1) is 6.92 Å². The maximum atomic E-state index is 11.3. The van der Waals surface area contributed by atoms with Gasteiger partial charge in [-0.1, -0.05) is 17.7 Å². The number of amides is 1. The van der Waals surface area contributed by atoms with Crippen molar-refractivity contribution in [1.29, 1.82) is 0 Å². The van der Waals surface area contributed by atoms with Crippen LogP contribution in [0.5, 0.6) is 5.75 Å². The van der Waals surface area contributed by atoms with Crippen molar-refractivity contribution in [1.82, 2.24) is 5.43 Å². The molecule has 21 heavy (non-hydrogen) atoms. The van der Waals surface area contributed by atoms with Crippen LogP contribution in [0.25, 0.3) is 0 Å². The summed E-state index contributed by atoms with van der Waals surface area (Å²) >= 11 is 1.75. The normalized spacial score (nSPS) is 10.2. The molecule has 0 aliphatic carbocycles. The Morgan fingerprint density at radius 1 is 1.14 bits per heavy atom. The number of nitrogens with two attached hydrogens (primary N) is 1. The Balaban J connectivity index is 1.75. The summed E-state index contributed by atoms with van der Waals surface area (Å²) in [5, 5.41) is 0. The lowest BCUT2D eigenvalue weighted by Crippen LogP contribution is -2.29. The maximum absolute atomic E-state index is 11.3. The van der Waals surface area contributed by atoms with Crippen molar-refractivity contribution < 1.29 is 9.53 Å². The number of nitrogen functional groups attached to an aromatic ring is 1. The second-order valence-corrected chi connectivity index (χ2v) is 5.68. The third-order valence-corrected chi connectivity index (χ3v) is 3.87. The van der Waals surface area contributed by atoms with Gasteiger partial charge in [-0.15, -0.1) is 11.8 Å². The predicted octanol–water partition coefficient (Wildman–Crippen LogP) is 2.77. The minimum Gasteiger partial charge on any atom is -0.493 e. The highest BCUT2D eigenvalue weighted by Crippen LogP contribution is 2.19. The number of hydrogen-bond acceptors (Lipinski definition) is 4. The molecule has 0 aliphatic rings. The van der Waals surface area contributed by atoms with Crippen molar-refractivity contribution in [2.75, 3.05) is 12.4 Å². The highest BCUT2D eigenvalue weighted by atomic mass is 32.2. The van der Waals surface area contributed by atoms with Gasteiger partial charge >= 0.3 is 0 Å². The lowest BCUT2D eigenvalue weighted by atomic mass is 10.2. The van der Waals surface area contributed by atoms with Crippen LogP contribution in [0.15, 0.2) is 53.4 Å². The van der Waals surface area contributed by atoms with Gasteiger partial charge in [0.25, 0.3) is 5.91 Å². The number of carbonyl (C=O) groups excluding carboxylic acids is 1. The Hall–Kier alpha value is -1.98. The summed E-state index contributed by atoms with van der Waals surface area (Å²) in [6.45, 7) is 2.69. The maximum Gasteiger partial charge on any atom is 0.265 e. The molecule has 0 saturated heterocycles. The van der Waals surface area contributed by atoms with Crippen molar-refractivity contribution in [2.24, 2.45) is 5.84 Å². The van der Waals surface area contributed by atoms with Crippen molar-refractivity contribution in [2.45, 2.75) is 11.8 Å². The van der Waals surface area contributed by atoms with Crippen molar-refractivity contribution in [3.63, 3.8) is 0 Å². The van der Waals surface area contributed by atoms with Gasteiger partial charge in [0.05, 0.1) is 6.61 Å². The Labute approximate surface area is 128 Å². The molecule has 0 radical (unpaired) electrons. The molecule has 0 aromatic heterocycles. The molecular weight excluding hydrogens is 284 g/mol. The minimum absolute atomic E-state index is 0.309. The van der Waals surface area contributed by atoms with Crippen LogP contribution < -0.4 is 16.0 Å². The molecule has 1 amide bonds. The average Bonchev–Trinajstić information content (AvgIpc) is 2.53. The molecule has 2 aromatic carbocycles. The second-order valence-electron chi connectivity index (χ2n) is 4.51. The molecule has 110 valence electrons. The Morgan fingerprint density at radius 2 is 1.81 bits per heavy atom. The number of aryl methyl sites for hydroxylation is 1. The molecular formula is C16H18N2O2S. The Morgan fingerprint density at radius 3 is 2.43 bits per heavy atom. The highest BCUT2D eigenvalue weighted by molar-refractivity contribution is 7.99. The van der Waals surface area contributed by atoms with Gasteiger partial charge in [0.15, 0.2) is 0 Å². The van der Waals surface area contributed by atoms with E-state index in [1.54, 1.807) is 36.0 Å². The van der Waals surface area contributed by atoms with E-state index < -0.39 is 0 Å². The summed E-state index contributed by atoms with van der Waals surface area (Å²) in [7, 11) is 0. The number of hydrazine groups is 1. The number of hydrogen-bond donors (Lipinski definition) is 2. The first-order chi connectivity index (χ1) is 10.2. The lowest BCUT2D eigenvalue weighted by molar-refractivity contribution is 0.0953. The average molecular weight is 302 g/mol. The zero-order valence-corrected chi connectivity index (χ0v) is 12.7. The molecule has 2 aromatic rings. The van der Waals surface area contributed by atoms with Crippen LogP contribution in [-0.2, 0) is 0 Å². The van der Waals surface area contributed by atoms with E-state index in [-0.39, 0.29) is 5.91 Å². The molecule has 5 heteroatoms. The number of thioether (sulfide) groups is 1. The van der Waals surface area contributed by atoms with Gasteiger partial charge in [0.2, 0.25) is 0 Å². The zero-order chi connectivity index (χ0) is 15.1. The van der Waals surface area contributed by atoms with Crippen LogP contribution in [0.4, 0.5) is 0 Å². The molecule has 0 fully saturated rings. The molecule has 0 aliphatic heterocycles. The smallest absolute Gasteiger partial charge is 0.265 e. The summed E-state index contributed by atoms with van der Waals surface area (Å²) in [4.78, 5) is 12.5. The monoisotopic (exact) mass is 302 g/mol. The van der Waals surface area contributed by atoms with Gasteiger partial charge in [-0.2, -0.15) is 0 Å². The first-order valence-corrected chi connectivity index (χ1v) is 7.61. The van der Waals surface area contributed by atoms with E-state index in [9.17, 15) is 4.79 Å². The van der Waals surface area contributed by atoms with E-state index >= 15 is 0 Å². The quantitative estimate of drug-likeness (QED) is 0.283. The standard InChI is InChI=1S/C16H18N2O2S/c1-12-2-8-15(9-3-12)21-11-10-20-14-6-4-13(5-7-14)16(19)18-17/h2-9H,10-11,17H2,1H3,(H,18,19). The second kappa shape index (κ2) is 7.71. The van der Waals surface area contributed by atoms with E-state index in [2.05, 4.69) is 36.6 Å². The fraction of sp³-hybridized carbons (Fsp3) is 0.188. The molecule has 2 rings (SSSR count). The molecule has 0 unspecified atom stereocenters. The van der Waals surface area contributed by atoms with Crippen LogP contribution in [0.2, 0.25) is 0 Å². The summed E-state index contributed by atoms with van der Waals surface area (Å²) in [5.74, 6) is 6.38. The summed E-state index contributed by atoms with van der Waals surface area (Å²) < 4.78 is 5.64. The predicted molar refractivity (Wildman–Crippen MR) is 85.5 cm³/mol. The summed E-state index contributed by atoms with van der Waals surface area (Å²) in [6.07, 6.45) is 0. The van der Waals surface area contributed by atoms with Crippen molar-refractivity contribution in [3.8, 4) is 5.75 Å². The summed E-state index contributed by atoms with van der Waals surface area (Å²) in [6, 6.07) is 15.3. The van der Waals surface area contributed by atoms with Gasteiger partial charge in [-0.05, 0) is 43.3 Å². The molecule has 4 nitrogen and oxygen atoms in total. The van der Waals surface area contributed by atoms with E-state index in [1.807, 2.05) is 0 Å². The van der Waals surface area contributed by atoms with E-state index in [1.165, 1.54) is 10.5 Å². The van der Waals surface area contributed by atoms with E-state index in [0.29, 0.717) is 12.2 Å². The van der Waals surface area contributed by atoms with E-state index in [4.69, 9.17) is 10.6 Å². The van der Waals surface area contributed by atoms with Crippen molar-refractivity contribution >= 4 is 17.7 Å². The third-order valence-electron chi connectivity index (χ3n) is 2.89. The van der Waals surface area contributed by atoms with Crippen LogP contribution in [-0.4, -0.2) is 18.3 Å². The first kappa shape index (κ1) is 15.4. The number of carbonyl (C=O) groups is 1. The first-order valence-electron chi connectivity index (χ1n) is 6.62. The lowest BCUT2D eigenvalue weighted by Gasteiger charge is -2.07. The molecule has 0 saturated carbocycles. The summed E-state index contributed by atoms with van der Waals surface area (Å²) in [5.41, 5.74) is 3.87. The fourth-order valence-corrected chi connectivity index (χ4v) is 2.47. The number of benzene rings is 2. The minimum atomic E-state index is -0.309. The van der Waals surface area contributed by atoms with Crippen LogP contribution in [0.3, 0.4) is 0 Å². The Bertz CT molecular complexity index is 582. The number of ether oxygens (including phenoxy) is 1. The third kappa shape index (κ3) is 4.81. The van der Waals surface area contributed by atoms with Crippen molar-refractivity contribution in [3.05, 3.63) is 59.7 Å². The molecule has 0 spiro atoms. The van der Waals surface area contributed by atoms with E-state index in [0.717, 1.165) is 11.5 Å². The largest absolute Gasteiger partial charge is 0.493 e. The number of nitrogens with one attached hydrogen (secondary N) is 1. The molecule has 0 heterocycles. The SMILES string of the molecule is Cc1ccc(SCCOc2ccc(C(=O)NN)cc2)cc1. The van der Waals surface area contributed by atoms with Gasteiger partial charge in [-0.25, -0.2) is 5.84 Å². The van der Waals surface area contributed by atoms with Crippen LogP contribution in [0.1, 0.15) is 15.9 Å². The number of rotatable bonds is 6. The fourth-order valence-electron chi connectivity index (χ4n) is 1.74. The highest BCUT2D eigenvalue weighted by Gasteiger charge is 2.03. The van der Waals surface area contributed by atoms with Crippen LogP contribution >= 0.6 is 11.8 Å². The van der Waals surface area contributed by atoms with Gasteiger partial charge in [0.1, 0.15) is 5.75 Å². The Kier molecular flexibility index (Phi) is 5.66. The molecule has 0 atom stereocenters.